The molecule has 0 aliphatic rings. The first-order valence-electron chi connectivity index (χ1n) is 8.97. The summed E-state index contributed by atoms with van der Waals surface area (Å²) in [6, 6.07) is 14.2. The molecular weight excluding hydrogens is 358 g/mol. The van der Waals surface area contributed by atoms with Gasteiger partial charge >= 0.3 is 0 Å². The maximum atomic E-state index is 12.1. The Balaban J connectivity index is 1.83. The highest BCUT2D eigenvalue weighted by atomic mass is 32.2. The lowest BCUT2D eigenvalue weighted by Gasteiger charge is -2.12. The molecule has 1 N–H and O–H groups in total. The van der Waals surface area contributed by atoms with Crippen LogP contribution < -0.4 is 5.32 Å². The molecule has 6 nitrogen and oxygen atoms in total. The van der Waals surface area contributed by atoms with Gasteiger partial charge in [0.05, 0.1) is 12.3 Å². The van der Waals surface area contributed by atoms with Crippen molar-refractivity contribution in [3.05, 3.63) is 60.4 Å². The Morgan fingerprint density at radius 3 is 2.70 bits per heavy atom. The van der Waals surface area contributed by atoms with Gasteiger partial charge in [-0.15, -0.1) is 10.2 Å². The van der Waals surface area contributed by atoms with Crippen LogP contribution in [0.3, 0.4) is 0 Å². The van der Waals surface area contributed by atoms with E-state index in [1.165, 1.54) is 11.8 Å². The van der Waals surface area contributed by atoms with Crippen LogP contribution in [0.2, 0.25) is 0 Å². The smallest absolute Gasteiger partial charge is 0.230 e. The van der Waals surface area contributed by atoms with Gasteiger partial charge in [-0.05, 0) is 31.0 Å². The van der Waals surface area contributed by atoms with Crippen LogP contribution in [0.4, 0.5) is 0 Å². The lowest BCUT2D eigenvalue weighted by molar-refractivity contribution is -0.119. The number of hydrogen-bond acceptors (Lipinski definition) is 5. The topological polar surface area (TPSA) is 72.7 Å². The van der Waals surface area contributed by atoms with Crippen molar-refractivity contribution in [2.75, 3.05) is 5.75 Å². The molecule has 0 saturated heterocycles. The van der Waals surface area contributed by atoms with Crippen LogP contribution >= 0.6 is 11.8 Å². The molecule has 0 fully saturated rings. The summed E-state index contributed by atoms with van der Waals surface area (Å²) >= 11 is 1.40. The van der Waals surface area contributed by atoms with Crippen molar-refractivity contribution in [1.82, 2.24) is 25.1 Å². The number of nitrogens with zero attached hydrogens (tertiary/aromatic N) is 4. The first-order chi connectivity index (χ1) is 13.2. The summed E-state index contributed by atoms with van der Waals surface area (Å²) in [6.45, 7) is 4.68. The number of benzene rings is 1. The van der Waals surface area contributed by atoms with Crippen molar-refractivity contribution < 1.29 is 4.79 Å². The summed E-state index contributed by atoms with van der Waals surface area (Å²) in [5, 5.41) is 12.4. The highest BCUT2D eigenvalue weighted by molar-refractivity contribution is 7.99. The molecule has 3 aromatic rings. The van der Waals surface area contributed by atoms with Crippen molar-refractivity contribution in [3.63, 3.8) is 0 Å². The molecule has 0 aliphatic heterocycles. The Hall–Kier alpha value is -2.67. The number of carbonyl (C=O) groups excluding carboxylic acids is 1. The largest absolute Gasteiger partial charge is 0.353 e. The second-order valence-corrected chi connectivity index (χ2v) is 7.23. The predicted molar refractivity (Wildman–Crippen MR) is 107 cm³/mol. The fourth-order valence-corrected chi connectivity index (χ4v) is 3.31. The Morgan fingerprint density at radius 1 is 1.19 bits per heavy atom. The Bertz CT molecular complexity index is 867. The molecule has 2 heterocycles. The number of pyridine rings is 1. The summed E-state index contributed by atoms with van der Waals surface area (Å²) in [5.74, 6) is 1.06. The van der Waals surface area contributed by atoms with E-state index in [9.17, 15) is 4.79 Å². The van der Waals surface area contributed by atoms with Gasteiger partial charge in [0.25, 0.3) is 0 Å². The van der Waals surface area contributed by atoms with E-state index in [4.69, 9.17) is 0 Å². The van der Waals surface area contributed by atoms with Gasteiger partial charge in [0.15, 0.2) is 11.0 Å². The van der Waals surface area contributed by atoms with Gasteiger partial charge in [0.2, 0.25) is 5.91 Å². The third-order valence-corrected chi connectivity index (χ3v) is 5.14. The van der Waals surface area contributed by atoms with Gasteiger partial charge in [-0.1, -0.05) is 49.0 Å². The molecule has 0 unspecified atom stereocenters. The highest BCUT2D eigenvalue weighted by Crippen LogP contribution is 2.24. The van der Waals surface area contributed by atoms with E-state index < -0.39 is 0 Å². The number of nitrogens with one attached hydrogen (secondary N) is 1. The molecular formula is C20H23N5OS. The van der Waals surface area contributed by atoms with Gasteiger partial charge in [-0.25, -0.2) is 0 Å². The van der Waals surface area contributed by atoms with E-state index in [1.807, 2.05) is 41.8 Å². The molecule has 1 amide bonds. The van der Waals surface area contributed by atoms with E-state index in [2.05, 4.69) is 39.6 Å². The highest BCUT2D eigenvalue weighted by Gasteiger charge is 2.16. The van der Waals surface area contributed by atoms with Crippen molar-refractivity contribution in [2.45, 2.75) is 38.0 Å². The molecule has 27 heavy (non-hydrogen) atoms. The fourth-order valence-electron chi connectivity index (χ4n) is 2.56. The van der Waals surface area contributed by atoms with E-state index in [-0.39, 0.29) is 11.9 Å². The summed E-state index contributed by atoms with van der Waals surface area (Å²) in [7, 11) is 0. The standard InChI is InChI=1S/C20H23N5OS/c1-3-15(2)22-18(26)14-27-20-24-23-19(17-10-7-11-21-12-17)25(20)13-16-8-5-4-6-9-16/h4-12,15H,3,13-14H2,1-2H3,(H,22,26)/t15-/m0/s1. The van der Waals surface area contributed by atoms with Crippen LogP contribution in [0.25, 0.3) is 11.4 Å². The molecule has 1 atom stereocenters. The minimum atomic E-state index is 0.00605. The number of carbonyl (C=O) groups is 1. The first-order valence-corrected chi connectivity index (χ1v) is 9.95. The van der Waals surface area contributed by atoms with Crippen LogP contribution in [0, 0.1) is 0 Å². The fraction of sp³-hybridized carbons (Fsp3) is 0.300. The SMILES string of the molecule is CC[C@H](C)NC(=O)CSc1nnc(-c2cccnc2)n1Cc1ccccc1. The van der Waals surface area contributed by atoms with Crippen LogP contribution in [0.15, 0.2) is 60.0 Å². The number of thioether (sulfide) groups is 1. The second-order valence-electron chi connectivity index (χ2n) is 6.29. The summed E-state index contributed by atoms with van der Waals surface area (Å²) in [6.07, 6.45) is 4.41. The maximum absolute atomic E-state index is 12.1. The lowest BCUT2D eigenvalue weighted by atomic mass is 10.2. The molecule has 1 aromatic carbocycles. The van der Waals surface area contributed by atoms with Gasteiger partial charge in [-0.3, -0.25) is 14.3 Å². The second kappa shape index (κ2) is 9.32. The monoisotopic (exact) mass is 381 g/mol. The van der Waals surface area contributed by atoms with Gasteiger partial charge in [0.1, 0.15) is 0 Å². The lowest BCUT2D eigenvalue weighted by Crippen LogP contribution is -2.33. The zero-order valence-electron chi connectivity index (χ0n) is 15.5. The summed E-state index contributed by atoms with van der Waals surface area (Å²) in [4.78, 5) is 16.3. The molecule has 0 bridgehead atoms. The van der Waals surface area contributed by atoms with E-state index in [0.29, 0.717) is 12.3 Å². The molecule has 0 radical (unpaired) electrons. The summed E-state index contributed by atoms with van der Waals surface area (Å²) < 4.78 is 2.04. The van der Waals surface area contributed by atoms with Crippen LogP contribution in [-0.2, 0) is 11.3 Å². The van der Waals surface area contributed by atoms with E-state index >= 15 is 0 Å². The molecule has 0 saturated carbocycles. The summed E-state index contributed by atoms with van der Waals surface area (Å²) in [5.41, 5.74) is 2.05. The normalized spacial score (nSPS) is 11.9. The Labute approximate surface area is 163 Å². The van der Waals surface area contributed by atoms with Crippen molar-refractivity contribution in [3.8, 4) is 11.4 Å². The molecule has 3 rings (SSSR count). The number of amides is 1. The number of aromatic nitrogens is 4. The zero-order valence-corrected chi connectivity index (χ0v) is 16.3. The van der Waals surface area contributed by atoms with Crippen molar-refractivity contribution >= 4 is 17.7 Å². The van der Waals surface area contributed by atoms with Crippen LogP contribution in [-0.4, -0.2) is 37.5 Å². The Morgan fingerprint density at radius 2 is 2.00 bits per heavy atom. The van der Waals surface area contributed by atoms with E-state index in [1.54, 1.807) is 12.4 Å². The van der Waals surface area contributed by atoms with Crippen molar-refractivity contribution in [2.24, 2.45) is 0 Å². The van der Waals surface area contributed by atoms with Crippen molar-refractivity contribution in [1.29, 1.82) is 0 Å². The average molecular weight is 382 g/mol. The van der Waals surface area contributed by atoms with Crippen LogP contribution in [0.5, 0.6) is 0 Å². The zero-order chi connectivity index (χ0) is 19.1. The number of rotatable bonds is 8. The van der Waals surface area contributed by atoms with E-state index in [0.717, 1.165) is 28.5 Å². The minimum absolute atomic E-state index is 0.00605. The molecule has 0 aliphatic carbocycles. The number of hydrogen-bond donors (Lipinski definition) is 1. The minimum Gasteiger partial charge on any atom is -0.353 e. The Kier molecular flexibility index (Phi) is 6.59. The van der Waals surface area contributed by atoms with Gasteiger partial charge in [-0.2, -0.15) is 0 Å². The predicted octanol–water partition coefficient (Wildman–Crippen LogP) is 3.40. The molecule has 140 valence electrons. The molecule has 2 aromatic heterocycles. The van der Waals surface area contributed by atoms with Gasteiger partial charge in [0, 0.05) is 24.0 Å². The third-order valence-electron chi connectivity index (χ3n) is 4.17. The molecule has 7 heteroatoms. The first kappa shape index (κ1) is 19.1. The molecule has 0 spiro atoms. The average Bonchev–Trinajstić information content (AvgIpc) is 3.10. The third kappa shape index (κ3) is 5.17. The van der Waals surface area contributed by atoms with Gasteiger partial charge < -0.3 is 5.32 Å². The maximum Gasteiger partial charge on any atom is 0.230 e. The van der Waals surface area contributed by atoms with Crippen LogP contribution in [0.1, 0.15) is 25.8 Å². The quantitative estimate of drug-likeness (QED) is 0.606.